The number of nitrogens with zero attached hydrogens (tertiary/aromatic N) is 2. The fourth-order valence-corrected chi connectivity index (χ4v) is 2.03. The van der Waals surface area contributed by atoms with Gasteiger partial charge in [-0.15, -0.1) is 0 Å². The molecule has 13 heavy (non-hydrogen) atoms. The maximum Gasteiger partial charge on any atom is 0.134 e. The number of hydrogen-bond acceptors (Lipinski definition) is 3. The fourth-order valence-electron chi connectivity index (χ4n) is 2.03. The molecule has 3 nitrogen and oxygen atoms in total. The first kappa shape index (κ1) is 8.48. The Hall–Kier alpha value is -1.12. The molecule has 2 N–H and O–H groups in total. The minimum atomic E-state index is 0.202. The van der Waals surface area contributed by atoms with Gasteiger partial charge in [-0.25, -0.2) is 9.97 Å². The van der Waals surface area contributed by atoms with Crippen LogP contribution in [0.5, 0.6) is 0 Å². The van der Waals surface area contributed by atoms with Crippen LogP contribution >= 0.6 is 0 Å². The lowest BCUT2D eigenvalue weighted by Crippen LogP contribution is -2.20. The first-order chi connectivity index (χ1) is 6.21. The highest BCUT2D eigenvalue weighted by Crippen LogP contribution is 2.38. The van der Waals surface area contributed by atoms with Crippen LogP contribution in [0.25, 0.3) is 0 Å². The molecule has 0 amide bonds. The van der Waals surface area contributed by atoms with Gasteiger partial charge in [-0.2, -0.15) is 0 Å². The van der Waals surface area contributed by atoms with Gasteiger partial charge >= 0.3 is 0 Å². The normalized spacial score (nSPS) is 20.4. The Morgan fingerprint density at radius 3 is 2.31 bits per heavy atom. The van der Waals surface area contributed by atoms with Crippen LogP contribution in [-0.2, 0) is 5.41 Å². The molecule has 0 spiro atoms. The molecule has 0 saturated heterocycles. The van der Waals surface area contributed by atoms with Gasteiger partial charge in [-0.05, 0) is 12.8 Å². The van der Waals surface area contributed by atoms with Gasteiger partial charge in [0, 0.05) is 5.41 Å². The van der Waals surface area contributed by atoms with E-state index < -0.39 is 0 Å². The zero-order chi connectivity index (χ0) is 9.31. The van der Waals surface area contributed by atoms with Gasteiger partial charge in [-0.1, -0.05) is 19.8 Å². The van der Waals surface area contributed by atoms with Gasteiger partial charge in [0.05, 0.1) is 18.1 Å². The third-order valence-corrected chi connectivity index (χ3v) is 2.92. The van der Waals surface area contributed by atoms with Crippen LogP contribution in [0, 0.1) is 0 Å². The third-order valence-electron chi connectivity index (χ3n) is 2.92. The molecule has 0 aliphatic heterocycles. The quantitative estimate of drug-likeness (QED) is 0.712. The SMILES string of the molecule is CC1(c2ncc(N)cn2)CCCC1. The molecule has 3 heteroatoms. The topological polar surface area (TPSA) is 51.8 Å². The molecule has 70 valence electrons. The summed E-state index contributed by atoms with van der Waals surface area (Å²) in [4.78, 5) is 8.59. The Bertz CT molecular complexity index is 286. The lowest BCUT2D eigenvalue weighted by atomic mass is 9.88. The second kappa shape index (κ2) is 2.98. The van der Waals surface area contributed by atoms with Crippen molar-refractivity contribution in [1.29, 1.82) is 0 Å². The largest absolute Gasteiger partial charge is 0.396 e. The zero-order valence-corrected chi connectivity index (χ0v) is 7.95. The zero-order valence-electron chi connectivity index (χ0n) is 7.95. The summed E-state index contributed by atoms with van der Waals surface area (Å²) in [7, 11) is 0. The van der Waals surface area contributed by atoms with E-state index in [4.69, 9.17) is 5.73 Å². The highest BCUT2D eigenvalue weighted by molar-refractivity contribution is 5.31. The van der Waals surface area contributed by atoms with E-state index in [0.29, 0.717) is 5.69 Å². The lowest BCUT2D eigenvalue weighted by molar-refractivity contribution is 0.458. The maximum absolute atomic E-state index is 5.54. The third kappa shape index (κ3) is 1.50. The van der Waals surface area contributed by atoms with Crippen molar-refractivity contribution in [2.45, 2.75) is 38.0 Å². The number of nitrogens with two attached hydrogens (primary N) is 1. The molecule has 0 bridgehead atoms. The van der Waals surface area contributed by atoms with Gasteiger partial charge in [0.15, 0.2) is 0 Å². The van der Waals surface area contributed by atoms with Gasteiger partial charge in [0.25, 0.3) is 0 Å². The summed E-state index contributed by atoms with van der Waals surface area (Å²) in [5.74, 6) is 0.958. The monoisotopic (exact) mass is 177 g/mol. The predicted molar refractivity (Wildman–Crippen MR) is 52.3 cm³/mol. The summed E-state index contributed by atoms with van der Waals surface area (Å²) >= 11 is 0. The molecule has 1 aliphatic rings. The molecule has 0 atom stereocenters. The molecular formula is C10H15N3. The summed E-state index contributed by atoms with van der Waals surface area (Å²) in [6.07, 6.45) is 8.40. The van der Waals surface area contributed by atoms with Crippen molar-refractivity contribution < 1.29 is 0 Å². The first-order valence-electron chi connectivity index (χ1n) is 4.79. The summed E-state index contributed by atoms with van der Waals surface area (Å²) in [6, 6.07) is 0. The molecule has 2 rings (SSSR count). The number of rotatable bonds is 1. The van der Waals surface area contributed by atoms with E-state index in [1.807, 2.05) is 0 Å². The average Bonchev–Trinajstić information content (AvgIpc) is 2.54. The second-order valence-electron chi connectivity index (χ2n) is 4.11. The summed E-state index contributed by atoms with van der Waals surface area (Å²) in [5, 5.41) is 0. The van der Waals surface area contributed by atoms with Crippen molar-refractivity contribution in [2.24, 2.45) is 0 Å². The molecule has 1 aliphatic carbocycles. The summed E-state index contributed by atoms with van der Waals surface area (Å²) in [6.45, 7) is 2.24. The van der Waals surface area contributed by atoms with Gasteiger partial charge in [0.2, 0.25) is 0 Å². The number of anilines is 1. The van der Waals surface area contributed by atoms with Crippen molar-refractivity contribution in [1.82, 2.24) is 9.97 Å². The Morgan fingerprint density at radius 2 is 1.77 bits per heavy atom. The molecular weight excluding hydrogens is 162 g/mol. The highest BCUT2D eigenvalue weighted by Gasteiger charge is 2.32. The van der Waals surface area contributed by atoms with E-state index in [-0.39, 0.29) is 5.41 Å². The second-order valence-corrected chi connectivity index (χ2v) is 4.11. The van der Waals surface area contributed by atoms with Crippen molar-refractivity contribution in [3.63, 3.8) is 0 Å². The molecule has 1 fully saturated rings. The molecule has 1 aromatic rings. The molecule has 0 unspecified atom stereocenters. The standard InChI is InChI=1S/C10H15N3/c1-10(4-2-3-5-10)9-12-6-8(11)7-13-9/h6-7H,2-5,11H2,1H3. The number of aromatic nitrogens is 2. The van der Waals surface area contributed by atoms with Gasteiger partial charge < -0.3 is 5.73 Å². The summed E-state index contributed by atoms with van der Waals surface area (Å²) in [5.41, 5.74) is 6.39. The first-order valence-corrected chi connectivity index (χ1v) is 4.79. The van der Waals surface area contributed by atoms with Crippen LogP contribution in [0.1, 0.15) is 38.4 Å². The molecule has 0 radical (unpaired) electrons. The molecule has 1 aromatic heterocycles. The molecule has 1 saturated carbocycles. The minimum Gasteiger partial charge on any atom is -0.396 e. The van der Waals surface area contributed by atoms with Crippen molar-refractivity contribution in [3.8, 4) is 0 Å². The van der Waals surface area contributed by atoms with E-state index in [2.05, 4.69) is 16.9 Å². The van der Waals surface area contributed by atoms with Gasteiger partial charge in [0.1, 0.15) is 5.82 Å². The highest BCUT2D eigenvalue weighted by atomic mass is 14.9. The molecule has 1 heterocycles. The van der Waals surface area contributed by atoms with E-state index in [1.54, 1.807) is 12.4 Å². The Balaban J connectivity index is 2.29. The average molecular weight is 177 g/mol. The number of hydrogen-bond donors (Lipinski definition) is 1. The van der Waals surface area contributed by atoms with Gasteiger partial charge in [-0.3, -0.25) is 0 Å². The van der Waals surface area contributed by atoms with Crippen LogP contribution in [0.15, 0.2) is 12.4 Å². The Labute approximate surface area is 78.4 Å². The Morgan fingerprint density at radius 1 is 1.23 bits per heavy atom. The smallest absolute Gasteiger partial charge is 0.134 e. The van der Waals surface area contributed by atoms with Crippen molar-refractivity contribution in [2.75, 3.05) is 5.73 Å². The van der Waals surface area contributed by atoms with E-state index in [9.17, 15) is 0 Å². The van der Waals surface area contributed by atoms with Crippen LogP contribution in [0.2, 0.25) is 0 Å². The number of nitrogen functional groups attached to an aromatic ring is 1. The van der Waals surface area contributed by atoms with Crippen molar-refractivity contribution in [3.05, 3.63) is 18.2 Å². The van der Waals surface area contributed by atoms with E-state index in [1.165, 1.54) is 25.7 Å². The predicted octanol–water partition coefficient (Wildman–Crippen LogP) is 1.89. The van der Waals surface area contributed by atoms with Crippen LogP contribution in [0.3, 0.4) is 0 Å². The van der Waals surface area contributed by atoms with Crippen molar-refractivity contribution >= 4 is 5.69 Å². The fraction of sp³-hybridized carbons (Fsp3) is 0.600. The molecule has 0 aromatic carbocycles. The van der Waals surface area contributed by atoms with Crippen LogP contribution in [0.4, 0.5) is 5.69 Å². The van der Waals surface area contributed by atoms with Crippen LogP contribution < -0.4 is 5.73 Å². The van der Waals surface area contributed by atoms with Crippen LogP contribution in [-0.4, -0.2) is 9.97 Å². The summed E-state index contributed by atoms with van der Waals surface area (Å²) < 4.78 is 0. The Kier molecular flexibility index (Phi) is 1.94. The maximum atomic E-state index is 5.54. The minimum absolute atomic E-state index is 0.202. The lowest BCUT2D eigenvalue weighted by Gasteiger charge is -2.20. The van der Waals surface area contributed by atoms with E-state index in [0.717, 1.165) is 5.82 Å². The van der Waals surface area contributed by atoms with E-state index >= 15 is 0 Å².